The number of urea groups is 1. The van der Waals surface area contributed by atoms with E-state index in [1.807, 2.05) is 36.9 Å². The molecule has 0 radical (unpaired) electrons. The van der Waals surface area contributed by atoms with E-state index in [-0.39, 0.29) is 18.4 Å². The second kappa shape index (κ2) is 8.63. The monoisotopic (exact) mass is 400 g/mol. The summed E-state index contributed by atoms with van der Waals surface area (Å²) < 4.78 is 0. The van der Waals surface area contributed by atoms with Crippen LogP contribution in [0.25, 0.3) is 0 Å². The van der Waals surface area contributed by atoms with Crippen molar-refractivity contribution >= 4 is 29.4 Å². The molecule has 1 aromatic rings. The Bertz CT molecular complexity index is 819. The first kappa shape index (κ1) is 20.8. The molecule has 156 valence electrons. The van der Waals surface area contributed by atoms with E-state index in [4.69, 9.17) is 0 Å². The quantitative estimate of drug-likeness (QED) is 0.686. The summed E-state index contributed by atoms with van der Waals surface area (Å²) >= 11 is 0. The standard InChI is InChI=1S/C21H28N4O4/c1-3-21(4-2)19(28)25(20(29)23-21)14-17(26)22-16-9-7-8-15(12-16)13-24-11-6-5-10-18(24)27/h7-9,12H,3-6,10-11,13-14H2,1-2H3,(H,22,26)(H,23,29). The highest BCUT2D eigenvalue weighted by atomic mass is 16.2. The molecule has 2 aliphatic heterocycles. The predicted molar refractivity (Wildman–Crippen MR) is 108 cm³/mol. The fourth-order valence-corrected chi connectivity index (χ4v) is 3.89. The highest BCUT2D eigenvalue weighted by Gasteiger charge is 2.49. The third-order valence-corrected chi connectivity index (χ3v) is 5.76. The van der Waals surface area contributed by atoms with Crippen LogP contribution in [0.3, 0.4) is 0 Å². The van der Waals surface area contributed by atoms with Gasteiger partial charge in [0.15, 0.2) is 0 Å². The number of amides is 5. The van der Waals surface area contributed by atoms with Crippen molar-refractivity contribution in [2.75, 3.05) is 18.4 Å². The summed E-state index contributed by atoms with van der Waals surface area (Å²) in [6.07, 6.45) is 3.48. The van der Waals surface area contributed by atoms with Gasteiger partial charge in [0.25, 0.3) is 5.91 Å². The van der Waals surface area contributed by atoms with E-state index >= 15 is 0 Å². The van der Waals surface area contributed by atoms with E-state index in [0.717, 1.165) is 29.8 Å². The lowest BCUT2D eigenvalue weighted by atomic mass is 9.93. The zero-order valence-corrected chi connectivity index (χ0v) is 17.0. The van der Waals surface area contributed by atoms with Gasteiger partial charge < -0.3 is 15.5 Å². The first-order valence-electron chi connectivity index (χ1n) is 10.2. The third kappa shape index (κ3) is 4.41. The van der Waals surface area contributed by atoms with Crippen molar-refractivity contribution in [3.05, 3.63) is 29.8 Å². The molecule has 29 heavy (non-hydrogen) atoms. The summed E-state index contributed by atoms with van der Waals surface area (Å²) in [6.45, 7) is 4.60. The number of likely N-dealkylation sites (tertiary alicyclic amines) is 1. The van der Waals surface area contributed by atoms with Gasteiger partial charge in [-0.05, 0) is 43.4 Å². The fourth-order valence-electron chi connectivity index (χ4n) is 3.89. The molecular formula is C21H28N4O4. The lowest BCUT2D eigenvalue weighted by Crippen LogP contribution is -2.46. The van der Waals surface area contributed by atoms with Gasteiger partial charge in [0.1, 0.15) is 12.1 Å². The zero-order valence-electron chi connectivity index (χ0n) is 17.0. The SMILES string of the molecule is CCC1(CC)NC(=O)N(CC(=O)Nc2cccc(CN3CCCCC3=O)c2)C1=O. The number of carbonyl (C=O) groups excluding carboxylic acids is 4. The number of rotatable bonds is 7. The first-order valence-corrected chi connectivity index (χ1v) is 10.2. The molecule has 2 aliphatic rings. The fraction of sp³-hybridized carbons (Fsp3) is 0.524. The van der Waals surface area contributed by atoms with Gasteiger partial charge in [-0.3, -0.25) is 19.3 Å². The molecule has 0 aromatic heterocycles. The Morgan fingerprint density at radius 2 is 1.93 bits per heavy atom. The molecule has 0 saturated carbocycles. The highest BCUT2D eigenvalue weighted by molar-refractivity contribution is 6.10. The lowest BCUT2D eigenvalue weighted by Gasteiger charge is -2.27. The van der Waals surface area contributed by atoms with Crippen LogP contribution in [-0.2, 0) is 20.9 Å². The summed E-state index contributed by atoms with van der Waals surface area (Å²) in [5.41, 5.74) is 0.573. The van der Waals surface area contributed by atoms with E-state index in [0.29, 0.717) is 31.5 Å². The van der Waals surface area contributed by atoms with Crippen LogP contribution in [0.2, 0.25) is 0 Å². The van der Waals surface area contributed by atoms with E-state index in [1.54, 1.807) is 6.07 Å². The number of anilines is 1. The topological polar surface area (TPSA) is 98.8 Å². The molecule has 2 fully saturated rings. The van der Waals surface area contributed by atoms with Crippen LogP contribution in [-0.4, -0.2) is 52.2 Å². The largest absolute Gasteiger partial charge is 0.338 e. The minimum Gasteiger partial charge on any atom is -0.338 e. The molecule has 8 heteroatoms. The van der Waals surface area contributed by atoms with Gasteiger partial charge in [-0.15, -0.1) is 0 Å². The Balaban J connectivity index is 1.62. The molecule has 0 aliphatic carbocycles. The van der Waals surface area contributed by atoms with Crippen molar-refractivity contribution in [3.8, 4) is 0 Å². The molecule has 2 N–H and O–H groups in total. The molecule has 3 rings (SSSR count). The molecule has 0 bridgehead atoms. The Hall–Kier alpha value is -2.90. The maximum Gasteiger partial charge on any atom is 0.325 e. The Kier molecular flexibility index (Phi) is 6.20. The number of nitrogens with one attached hydrogen (secondary N) is 2. The van der Waals surface area contributed by atoms with Gasteiger partial charge in [0.2, 0.25) is 11.8 Å². The number of carbonyl (C=O) groups is 4. The number of hydrogen-bond acceptors (Lipinski definition) is 4. The van der Waals surface area contributed by atoms with Crippen molar-refractivity contribution < 1.29 is 19.2 Å². The minimum absolute atomic E-state index is 0.152. The van der Waals surface area contributed by atoms with Crippen molar-refractivity contribution in [2.24, 2.45) is 0 Å². The minimum atomic E-state index is -0.918. The van der Waals surface area contributed by atoms with E-state index in [9.17, 15) is 19.2 Å². The van der Waals surface area contributed by atoms with Crippen LogP contribution < -0.4 is 10.6 Å². The average molecular weight is 400 g/mol. The third-order valence-electron chi connectivity index (χ3n) is 5.76. The molecular weight excluding hydrogens is 372 g/mol. The highest BCUT2D eigenvalue weighted by Crippen LogP contribution is 2.25. The van der Waals surface area contributed by atoms with Crippen molar-refractivity contribution in [1.82, 2.24) is 15.1 Å². The molecule has 2 heterocycles. The molecule has 0 spiro atoms. The van der Waals surface area contributed by atoms with Crippen LogP contribution in [0.4, 0.5) is 10.5 Å². The summed E-state index contributed by atoms with van der Waals surface area (Å²) in [4.78, 5) is 52.1. The maximum atomic E-state index is 12.6. The molecule has 0 atom stereocenters. The number of hydrogen-bond donors (Lipinski definition) is 2. The average Bonchev–Trinajstić information content (AvgIpc) is 2.94. The number of imide groups is 1. The van der Waals surface area contributed by atoms with Gasteiger partial charge in [-0.1, -0.05) is 26.0 Å². The number of piperidine rings is 1. The second-order valence-corrected chi connectivity index (χ2v) is 7.63. The van der Waals surface area contributed by atoms with Crippen LogP contribution in [0.1, 0.15) is 51.5 Å². The molecule has 1 aromatic carbocycles. The molecule has 8 nitrogen and oxygen atoms in total. The Morgan fingerprint density at radius 1 is 1.17 bits per heavy atom. The molecule has 2 saturated heterocycles. The summed E-state index contributed by atoms with van der Waals surface area (Å²) in [7, 11) is 0. The van der Waals surface area contributed by atoms with Gasteiger partial charge in [0.05, 0.1) is 0 Å². The molecule has 0 unspecified atom stereocenters. The number of benzene rings is 1. The van der Waals surface area contributed by atoms with Gasteiger partial charge >= 0.3 is 6.03 Å². The van der Waals surface area contributed by atoms with Gasteiger partial charge in [-0.2, -0.15) is 0 Å². The zero-order chi connectivity index (χ0) is 21.0. The van der Waals surface area contributed by atoms with E-state index < -0.39 is 17.5 Å². The normalized spacial score (nSPS) is 18.8. The number of nitrogens with zero attached hydrogens (tertiary/aromatic N) is 2. The van der Waals surface area contributed by atoms with Crippen molar-refractivity contribution in [2.45, 2.75) is 58.0 Å². The van der Waals surface area contributed by atoms with Crippen LogP contribution in [0.5, 0.6) is 0 Å². The smallest absolute Gasteiger partial charge is 0.325 e. The van der Waals surface area contributed by atoms with Gasteiger partial charge in [-0.25, -0.2) is 4.79 Å². The first-order chi connectivity index (χ1) is 13.9. The van der Waals surface area contributed by atoms with Crippen LogP contribution in [0.15, 0.2) is 24.3 Å². The summed E-state index contributed by atoms with van der Waals surface area (Å²) in [5.74, 6) is -0.651. The van der Waals surface area contributed by atoms with Crippen LogP contribution >= 0.6 is 0 Å². The Morgan fingerprint density at radius 3 is 2.59 bits per heavy atom. The van der Waals surface area contributed by atoms with E-state index in [1.165, 1.54) is 0 Å². The summed E-state index contributed by atoms with van der Waals surface area (Å²) in [6, 6.07) is 6.74. The lowest BCUT2D eigenvalue weighted by molar-refractivity contribution is -0.134. The van der Waals surface area contributed by atoms with E-state index in [2.05, 4.69) is 10.6 Å². The Labute approximate surface area is 170 Å². The summed E-state index contributed by atoms with van der Waals surface area (Å²) in [5, 5.41) is 5.46. The van der Waals surface area contributed by atoms with Crippen molar-refractivity contribution in [1.29, 1.82) is 0 Å². The molecule has 5 amide bonds. The van der Waals surface area contributed by atoms with Gasteiger partial charge in [0, 0.05) is 25.2 Å². The van der Waals surface area contributed by atoms with Crippen LogP contribution in [0, 0.1) is 0 Å². The maximum absolute atomic E-state index is 12.6. The van der Waals surface area contributed by atoms with Crippen molar-refractivity contribution in [3.63, 3.8) is 0 Å². The predicted octanol–water partition coefficient (Wildman–Crippen LogP) is 2.25. The second-order valence-electron chi connectivity index (χ2n) is 7.63.